The summed E-state index contributed by atoms with van der Waals surface area (Å²) in [5, 5.41) is 9.50. The second kappa shape index (κ2) is 2.90. The van der Waals surface area contributed by atoms with Crippen molar-refractivity contribution in [3.63, 3.8) is 0 Å². The second-order valence-electron chi connectivity index (χ2n) is 1.14. The minimum atomic E-state index is -1.01. The minimum Gasteiger partial charge on any atom is -0.256 e. The molecular weight excluding hydrogens is 110 g/mol. The van der Waals surface area contributed by atoms with Crippen LogP contribution >= 0.6 is 0 Å². The highest BCUT2D eigenvalue weighted by molar-refractivity contribution is 5.68. The summed E-state index contributed by atoms with van der Waals surface area (Å²) in [6.45, 7) is 3.16. The summed E-state index contributed by atoms with van der Waals surface area (Å²) in [7, 11) is 0. The molecule has 1 amide bonds. The molecule has 0 aromatic rings. The summed E-state index contributed by atoms with van der Waals surface area (Å²) >= 11 is 0. The fraction of sp³-hybridized carbons (Fsp3) is 0.250. The Morgan fingerprint density at radius 3 is 2.50 bits per heavy atom. The van der Waals surface area contributed by atoms with E-state index >= 15 is 0 Å². The van der Waals surface area contributed by atoms with Gasteiger partial charge in [0.15, 0.2) is 0 Å². The average Bonchev–Trinajstić information content (AvgIpc) is 1.67. The molecule has 0 aliphatic rings. The molecule has 0 spiro atoms. The molecule has 0 aromatic carbocycles. The van der Waals surface area contributed by atoms with Crippen LogP contribution in [0.2, 0.25) is 0 Å². The van der Waals surface area contributed by atoms with E-state index in [1.54, 1.807) is 0 Å². The molecular formula is C4H5NO3. The Hall–Kier alpha value is -1.19. The summed E-state index contributed by atoms with van der Waals surface area (Å²) < 4.78 is 0. The number of carbonyl (C=O) groups is 1. The van der Waals surface area contributed by atoms with Crippen LogP contribution in [-0.4, -0.2) is 10.8 Å². The summed E-state index contributed by atoms with van der Waals surface area (Å²) in [5.41, 5.74) is 0. The summed E-state index contributed by atoms with van der Waals surface area (Å²) in [5.74, 6) is -1.01. The molecule has 0 radical (unpaired) electrons. The van der Waals surface area contributed by atoms with E-state index in [4.69, 9.17) is 0 Å². The molecule has 0 aromatic heterocycles. The number of amides is 1. The molecule has 0 bridgehead atoms. The molecule has 4 heteroatoms. The van der Waals surface area contributed by atoms with Gasteiger partial charge in [-0.2, -0.15) is 0 Å². The first-order valence-electron chi connectivity index (χ1n) is 1.96. The van der Waals surface area contributed by atoms with Crippen molar-refractivity contribution in [1.29, 1.82) is 0 Å². The topological polar surface area (TPSA) is 60.2 Å². The van der Waals surface area contributed by atoms with E-state index in [9.17, 15) is 14.9 Å². The summed E-state index contributed by atoms with van der Waals surface area (Å²) in [6, 6.07) is 0. The van der Waals surface area contributed by atoms with E-state index < -0.39 is 10.8 Å². The van der Waals surface area contributed by atoms with Crippen molar-refractivity contribution in [2.45, 2.75) is 6.42 Å². The molecule has 0 aliphatic heterocycles. The largest absolute Gasteiger partial charge is 0.448 e. The van der Waals surface area contributed by atoms with Crippen LogP contribution in [0.15, 0.2) is 12.7 Å². The van der Waals surface area contributed by atoms with Crippen LogP contribution in [-0.2, 0) is 4.79 Å². The Morgan fingerprint density at radius 1 is 1.88 bits per heavy atom. The fourth-order valence-corrected chi connectivity index (χ4v) is 0.198. The molecule has 4 nitrogen and oxygen atoms in total. The van der Waals surface area contributed by atoms with E-state index in [1.807, 2.05) is 0 Å². The molecule has 0 unspecified atom stereocenters. The molecule has 0 heterocycles. The van der Waals surface area contributed by atoms with Gasteiger partial charge in [0.1, 0.15) is 4.92 Å². The third-order valence-corrected chi connectivity index (χ3v) is 0.523. The number of rotatable bonds is 2. The van der Waals surface area contributed by atoms with Crippen LogP contribution in [0.1, 0.15) is 6.42 Å². The van der Waals surface area contributed by atoms with E-state index in [1.165, 1.54) is 6.08 Å². The quantitative estimate of drug-likeness (QED) is 0.296. The standard InChI is InChI=1S/C4H5NO3/c1-2-3-4(6)5(7)8/h2H,1,3H2. The average molecular weight is 115 g/mol. The Balaban J connectivity index is 3.65. The second-order valence-corrected chi connectivity index (χ2v) is 1.14. The van der Waals surface area contributed by atoms with Crippen molar-refractivity contribution in [2.75, 3.05) is 0 Å². The van der Waals surface area contributed by atoms with E-state index in [2.05, 4.69) is 6.58 Å². The van der Waals surface area contributed by atoms with Crippen LogP contribution in [0.3, 0.4) is 0 Å². The lowest BCUT2D eigenvalue weighted by Gasteiger charge is -1.79. The van der Waals surface area contributed by atoms with Crippen LogP contribution < -0.4 is 0 Å². The van der Waals surface area contributed by atoms with Crippen molar-refractivity contribution in [2.24, 2.45) is 0 Å². The Bertz CT molecular complexity index is 129. The lowest BCUT2D eigenvalue weighted by molar-refractivity contribution is -0.401. The Morgan fingerprint density at radius 2 is 2.38 bits per heavy atom. The molecule has 0 N–H and O–H groups in total. The number of carbonyl (C=O) groups excluding carboxylic acids is 1. The van der Waals surface area contributed by atoms with Crippen molar-refractivity contribution < 1.29 is 9.72 Å². The zero-order chi connectivity index (χ0) is 6.57. The van der Waals surface area contributed by atoms with Gasteiger partial charge in [-0.15, -0.1) is 6.58 Å². The molecule has 0 saturated carbocycles. The fourth-order valence-electron chi connectivity index (χ4n) is 0.198. The molecule has 0 atom stereocenters. The van der Waals surface area contributed by atoms with Gasteiger partial charge in [0, 0.05) is 0 Å². The number of nitrogens with zero attached hydrogens (tertiary/aromatic N) is 1. The maximum absolute atomic E-state index is 9.97. The van der Waals surface area contributed by atoms with Gasteiger partial charge in [-0.25, -0.2) is 4.79 Å². The lowest BCUT2D eigenvalue weighted by atomic mass is 10.4. The van der Waals surface area contributed by atoms with Crippen molar-refractivity contribution in [1.82, 2.24) is 0 Å². The van der Waals surface area contributed by atoms with Gasteiger partial charge in [0.25, 0.3) is 0 Å². The van der Waals surface area contributed by atoms with Crippen LogP contribution in [0.5, 0.6) is 0 Å². The summed E-state index contributed by atoms with van der Waals surface area (Å²) in [4.78, 5) is 18.5. The highest BCUT2D eigenvalue weighted by Gasteiger charge is 2.09. The van der Waals surface area contributed by atoms with E-state index in [0.717, 1.165) is 0 Å². The monoisotopic (exact) mass is 115 g/mol. The highest BCUT2D eigenvalue weighted by Crippen LogP contribution is 1.82. The number of hydrogen-bond donors (Lipinski definition) is 0. The van der Waals surface area contributed by atoms with Crippen LogP contribution in [0.4, 0.5) is 0 Å². The molecule has 8 heavy (non-hydrogen) atoms. The first-order valence-corrected chi connectivity index (χ1v) is 1.96. The molecule has 0 saturated heterocycles. The minimum absolute atomic E-state index is 0.188. The maximum atomic E-state index is 9.97. The summed E-state index contributed by atoms with van der Waals surface area (Å²) in [6.07, 6.45) is 1.01. The number of hydrogen-bond acceptors (Lipinski definition) is 3. The third-order valence-electron chi connectivity index (χ3n) is 0.523. The predicted molar refractivity (Wildman–Crippen MR) is 26.8 cm³/mol. The lowest BCUT2D eigenvalue weighted by Crippen LogP contribution is -2.08. The zero-order valence-corrected chi connectivity index (χ0v) is 4.16. The number of nitro groups is 1. The van der Waals surface area contributed by atoms with Crippen molar-refractivity contribution >= 4 is 5.91 Å². The Labute approximate surface area is 46.0 Å². The first-order chi connectivity index (χ1) is 3.68. The first kappa shape index (κ1) is 6.81. The van der Waals surface area contributed by atoms with E-state index in [0.29, 0.717) is 0 Å². The van der Waals surface area contributed by atoms with Gasteiger partial charge in [0.05, 0.1) is 6.42 Å². The van der Waals surface area contributed by atoms with Crippen molar-refractivity contribution in [3.05, 3.63) is 22.8 Å². The SMILES string of the molecule is C=CCC(=O)[N+](=O)[O-]. The highest BCUT2D eigenvalue weighted by atomic mass is 16.6. The normalized spacial score (nSPS) is 8.00. The van der Waals surface area contributed by atoms with Gasteiger partial charge in [-0.3, -0.25) is 10.1 Å². The van der Waals surface area contributed by atoms with Gasteiger partial charge >= 0.3 is 5.91 Å². The van der Waals surface area contributed by atoms with Gasteiger partial charge in [-0.1, -0.05) is 6.08 Å². The molecule has 44 valence electrons. The van der Waals surface area contributed by atoms with E-state index in [-0.39, 0.29) is 6.42 Å². The third kappa shape index (κ3) is 2.07. The molecule has 0 aliphatic carbocycles. The smallest absolute Gasteiger partial charge is 0.256 e. The van der Waals surface area contributed by atoms with Crippen LogP contribution in [0.25, 0.3) is 0 Å². The molecule has 0 fully saturated rings. The predicted octanol–water partition coefficient (Wildman–Crippen LogP) is 0.366. The molecule has 0 rings (SSSR count). The van der Waals surface area contributed by atoms with Gasteiger partial charge in [0.2, 0.25) is 0 Å². The maximum Gasteiger partial charge on any atom is 0.448 e. The van der Waals surface area contributed by atoms with Crippen LogP contribution in [0, 0.1) is 10.1 Å². The van der Waals surface area contributed by atoms with Gasteiger partial charge in [-0.05, 0) is 0 Å². The van der Waals surface area contributed by atoms with Gasteiger partial charge < -0.3 is 0 Å². The zero-order valence-electron chi connectivity index (χ0n) is 4.16. The van der Waals surface area contributed by atoms with Crippen molar-refractivity contribution in [3.8, 4) is 0 Å². The Kier molecular flexibility index (Phi) is 2.47.